The Bertz CT molecular complexity index is 466. The van der Waals surface area contributed by atoms with Crippen LogP contribution < -0.4 is 0 Å². The van der Waals surface area contributed by atoms with Crippen LogP contribution in [0.15, 0.2) is 24.5 Å². The molecule has 0 amide bonds. The normalized spacial score (nSPS) is 12.3. The average Bonchev–Trinajstić information content (AvgIpc) is 2.46. The molecule has 0 aliphatic carbocycles. The third-order valence-corrected chi connectivity index (χ3v) is 2.41. The van der Waals surface area contributed by atoms with Crippen LogP contribution in [0.5, 0.6) is 0 Å². The lowest BCUT2D eigenvalue weighted by Crippen LogP contribution is -2.15. The molecule has 0 spiro atoms. The minimum Gasteiger partial charge on any atom is -0.386 e. The van der Waals surface area contributed by atoms with E-state index in [-0.39, 0.29) is 0 Å². The third-order valence-electron chi connectivity index (χ3n) is 2.41. The number of aliphatic hydroxyl groups is 1. The molecule has 74 valence electrons. The highest BCUT2D eigenvalue weighted by Crippen LogP contribution is 2.26. The number of aryl methyl sites for hydroxylation is 1. The fraction of sp³-hybridized carbons (Fsp3) is 0.364. The van der Waals surface area contributed by atoms with E-state index in [4.69, 9.17) is 0 Å². The highest BCUT2D eigenvalue weighted by molar-refractivity contribution is 5.79. The molecule has 1 aromatic carbocycles. The fourth-order valence-corrected chi connectivity index (χ4v) is 1.65. The summed E-state index contributed by atoms with van der Waals surface area (Å²) in [6.07, 6.45) is 1.76. The molecule has 2 rings (SSSR count). The number of hydrogen-bond acceptors (Lipinski definition) is 2. The minimum atomic E-state index is -0.839. The molecule has 0 aliphatic heterocycles. The zero-order chi connectivity index (χ0) is 10.3. The molecule has 2 aromatic rings. The molecule has 0 fully saturated rings. The minimum absolute atomic E-state index is 0.839. The van der Waals surface area contributed by atoms with Crippen LogP contribution in [0.3, 0.4) is 0 Å². The van der Waals surface area contributed by atoms with Gasteiger partial charge in [0.1, 0.15) is 0 Å². The monoisotopic (exact) mass is 190 g/mol. The van der Waals surface area contributed by atoms with Crippen molar-refractivity contribution in [3.63, 3.8) is 0 Å². The Labute approximate surface area is 83.0 Å². The third kappa shape index (κ3) is 1.30. The van der Waals surface area contributed by atoms with Crippen molar-refractivity contribution in [1.82, 2.24) is 9.55 Å². The molecule has 0 saturated carbocycles. The Morgan fingerprint density at radius 3 is 2.71 bits per heavy atom. The van der Waals surface area contributed by atoms with Crippen LogP contribution in [-0.2, 0) is 12.6 Å². The molecule has 1 aromatic heterocycles. The summed E-state index contributed by atoms with van der Waals surface area (Å²) < 4.78 is 1.95. The number of benzene rings is 1. The van der Waals surface area contributed by atoms with E-state index in [0.717, 1.165) is 16.6 Å². The Morgan fingerprint density at radius 2 is 2.07 bits per heavy atom. The number of nitrogens with zero attached hydrogens (tertiary/aromatic N) is 2. The van der Waals surface area contributed by atoms with E-state index in [1.54, 1.807) is 20.2 Å². The zero-order valence-corrected chi connectivity index (χ0v) is 8.65. The van der Waals surface area contributed by atoms with Gasteiger partial charge in [-0.3, -0.25) is 0 Å². The van der Waals surface area contributed by atoms with Crippen LogP contribution in [0.1, 0.15) is 19.4 Å². The lowest BCUT2D eigenvalue weighted by Gasteiger charge is -2.17. The van der Waals surface area contributed by atoms with Gasteiger partial charge in [0.2, 0.25) is 0 Å². The fourth-order valence-electron chi connectivity index (χ4n) is 1.65. The lowest BCUT2D eigenvalue weighted by atomic mass is 9.97. The topological polar surface area (TPSA) is 38.0 Å². The van der Waals surface area contributed by atoms with Crippen LogP contribution in [0.25, 0.3) is 11.0 Å². The maximum Gasteiger partial charge on any atom is 0.0955 e. The smallest absolute Gasteiger partial charge is 0.0955 e. The Morgan fingerprint density at radius 1 is 1.36 bits per heavy atom. The number of fused-ring (bicyclic) bond motifs is 1. The molecule has 0 bridgehead atoms. The van der Waals surface area contributed by atoms with Gasteiger partial charge in [0.15, 0.2) is 0 Å². The standard InChI is InChI=1S/C11H14N2O/c1-11(2,14)8-5-4-6-9-10(8)12-7-13(9)3/h4-7,14H,1-3H3. The van der Waals surface area contributed by atoms with Gasteiger partial charge in [-0.25, -0.2) is 4.98 Å². The summed E-state index contributed by atoms with van der Waals surface area (Å²) in [5.41, 5.74) is 1.95. The summed E-state index contributed by atoms with van der Waals surface area (Å²) in [6.45, 7) is 3.55. The number of aromatic nitrogens is 2. The van der Waals surface area contributed by atoms with Gasteiger partial charge in [-0.2, -0.15) is 0 Å². The summed E-state index contributed by atoms with van der Waals surface area (Å²) in [7, 11) is 1.95. The van der Waals surface area contributed by atoms with Crippen molar-refractivity contribution in [3.05, 3.63) is 30.1 Å². The lowest BCUT2D eigenvalue weighted by molar-refractivity contribution is 0.0800. The Kier molecular flexibility index (Phi) is 1.86. The first-order chi connectivity index (χ1) is 6.50. The van der Waals surface area contributed by atoms with E-state index >= 15 is 0 Å². The SMILES string of the molecule is Cn1cnc2c(C(C)(C)O)cccc21. The summed E-state index contributed by atoms with van der Waals surface area (Å²) in [6, 6.07) is 5.85. The predicted octanol–water partition coefficient (Wildman–Crippen LogP) is 1.80. The summed E-state index contributed by atoms with van der Waals surface area (Å²) in [5, 5.41) is 9.95. The molecule has 0 unspecified atom stereocenters. The maximum absolute atomic E-state index is 9.95. The van der Waals surface area contributed by atoms with Crippen LogP contribution in [0.4, 0.5) is 0 Å². The van der Waals surface area contributed by atoms with E-state index in [2.05, 4.69) is 4.98 Å². The molecule has 3 heteroatoms. The van der Waals surface area contributed by atoms with E-state index in [0.29, 0.717) is 0 Å². The largest absolute Gasteiger partial charge is 0.386 e. The van der Waals surface area contributed by atoms with Crippen LogP contribution in [0, 0.1) is 0 Å². The highest BCUT2D eigenvalue weighted by Gasteiger charge is 2.20. The van der Waals surface area contributed by atoms with E-state index in [9.17, 15) is 5.11 Å². The van der Waals surface area contributed by atoms with Crippen molar-refractivity contribution >= 4 is 11.0 Å². The van der Waals surface area contributed by atoms with Crippen molar-refractivity contribution in [2.24, 2.45) is 7.05 Å². The van der Waals surface area contributed by atoms with Gasteiger partial charge in [-0.15, -0.1) is 0 Å². The Hall–Kier alpha value is -1.35. The van der Waals surface area contributed by atoms with Crippen LogP contribution >= 0.6 is 0 Å². The molecular weight excluding hydrogens is 176 g/mol. The molecule has 3 nitrogen and oxygen atoms in total. The van der Waals surface area contributed by atoms with Gasteiger partial charge >= 0.3 is 0 Å². The number of rotatable bonds is 1. The van der Waals surface area contributed by atoms with E-state index in [1.165, 1.54) is 0 Å². The molecule has 0 atom stereocenters. The highest BCUT2D eigenvalue weighted by atomic mass is 16.3. The maximum atomic E-state index is 9.95. The van der Waals surface area contributed by atoms with E-state index < -0.39 is 5.60 Å². The Balaban J connectivity index is 2.79. The second-order valence-electron chi connectivity index (χ2n) is 4.09. The van der Waals surface area contributed by atoms with Gasteiger partial charge in [-0.05, 0) is 19.9 Å². The first-order valence-corrected chi connectivity index (χ1v) is 4.63. The van der Waals surface area contributed by atoms with Gasteiger partial charge in [0, 0.05) is 12.6 Å². The van der Waals surface area contributed by atoms with Gasteiger partial charge < -0.3 is 9.67 Å². The predicted molar refractivity (Wildman–Crippen MR) is 56.0 cm³/mol. The average molecular weight is 190 g/mol. The van der Waals surface area contributed by atoms with Crippen molar-refractivity contribution in [3.8, 4) is 0 Å². The molecule has 0 saturated heterocycles. The van der Waals surface area contributed by atoms with E-state index in [1.807, 2.05) is 29.8 Å². The first-order valence-electron chi connectivity index (χ1n) is 4.63. The number of imidazole rings is 1. The summed E-state index contributed by atoms with van der Waals surface area (Å²) in [5.74, 6) is 0. The first kappa shape index (κ1) is 9.21. The van der Waals surface area contributed by atoms with Gasteiger partial charge in [-0.1, -0.05) is 12.1 Å². The van der Waals surface area contributed by atoms with Crippen molar-refractivity contribution in [2.75, 3.05) is 0 Å². The summed E-state index contributed by atoms with van der Waals surface area (Å²) in [4.78, 5) is 4.29. The number of hydrogen-bond donors (Lipinski definition) is 1. The molecular formula is C11H14N2O. The van der Waals surface area contributed by atoms with Crippen molar-refractivity contribution < 1.29 is 5.11 Å². The quantitative estimate of drug-likeness (QED) is 0.744. The second-order valence-corrected chi connectivity index (χ2v) is 4.09. The molecule has 14 heavy (non-hydrogen) atoms. The zero-order valence-electron chi connectivity index (χ0n) is 8.65. The van der Waals surface area contributed by atoms with Gasteiger partial charge in [0.05, 0.1) is 23.0 Å². The van der Waals surface area contributed by atoms with Crippen molar-refractivity contribution in [1.29, 1.82) is 0 Å². The molecule has 0 radical (unpaired) electrons. The summed E-state index contributed by atoms with van der Waals surface area (Å²) >= 11 is 0. The second kappa shape index (κ2) is 2.82. The van der Waals surface area contributed by atoms with Crippen LogP contribution in [0.2, 0.25) is 0 Å². The molecule has 1 heterocycles. The van der Waals surface area contributed by atoms with Crippen LogP contribution in [-0.4, -0.2) is 14.7 Å². The number of para-hydroxylation sites is 1. The van der Waals surface area contributed by atoms with Gasteiger partial charge in [0.25, 0.3) is 0 Å². The molecule has 0 aliphatic rings. The molecule has 1 N–H and O–H groups in total. The van der Waals surface area contributed by atoms with Crippen molar-refractivity contribution in [2.45, 2.75) is 19.4 Å².